The van der Waals surface area contributed by atoms with Crippen molar-refractivity contribution in [2.45, 2.75) is 17.9 Å². The number of ether oxygens (including phenoxy) is 2. The molecule has 2 aliphatic rings. The van der Waals surface area contributed by atoms with Crippen molar-refractivity contribution in [1.29, 1.82) is 0 Å². The van der Waals surface area contributed by atoms with E-state index in [2.05, 4.69) is 16.3 Å². The van der Waals surface area contributed by atoms with E-state index < -0.39 is 10.0 Å². The van der Waals surface area contributed by atoms with Crippen molar-refractivity contribution in [3.63, 3.8) is 0 Å². The number of aryl methyl sites for hydroxylation is 1. The zero-order chi connectivity index (χ0) is 22.6. The van der Waals surface area contributed by atoms with Crippen LogP contribution in [0.4, 0.5) is 0 Å². The molecule has 1 N–H and O–H groups in total. The van der Waals surface area contributed by atoms with Crippen LogP contribution >= 0.6 is 11.3 Å². The van der Waals surface area contributed by atoms with Gasteiger partial charge in [-0.3, -0.25) is 9.69 Å². The van der Waals surface area contributed by atoms with Gasteiger partial charge in [-0.15, -0.1) is 11.3 Å². The Morgan fingerprint density at radius 2 is 1.78 bits per heavy atom. The number of carbonyl (C=O) groups excluding carboxylic acids is 1. The Morgan fingerprint density at radius 3 is 2.44 bits per heavy atom. The third kappa shape index (κ3) is 5.22. The summed E-state index contributed by atoms with van der Waals surface area (Å²) in [4.78, 5) is 16.7. The summed E-state index contributed by atoms with van der Waals surface area (Å²) < 4.78 is 38.2. The van der Waals surface area contributed by atoms with Crippen LogP contribution in [0.3, 0.4) is 0 Å². The molecule has 0 spiro atoms. The van der Waals surface area contributed by atoms with E-state index in [1.807, 2.05) is 18.4 Å². The van der Waals surface area contributed by atoms with Gasteiger partial charge >= 0.3 is 0 Å². The van der Waals surface area contributed by atoms with E-state index in [-0.39, 0.29) is 16.8 Å². The molecule has 10 heteroatoms. The molecule has 0 bridgehead atoms. The summed E-state index contributed by atoms with van der Waals surface area (Å²) in [6.45, 7) is 6.63. The molecule has 8 nitrogen and oxygen atoms in total. The van der Waals surface area contributed by atoms with Gasteiger partial charge in [0, 0.05) is 43.2 Å². The van der Waals surface area contributed by atoms with Crippen molar-refractivity contribution in [2.24, 2.45) is 0 Å². The molecule has 3 heterocycles. The van der Waals surface area contributed by atoms with Gasteiger partial charge < -0.3 is 14.8 Å². The fourth-order valence-electron chi connectivity index (χ4n) is 4.01. The zero-order valence-electron chi connectivity index (χ0n) is 18.2. The first-order valence-corrected chi connectivity index (χ1v) is 13.1. The van der Waals surface area contributed by atoms with E-state index in [9.17, 15) is 13.2 Å². The minimum Gasteiger partial charge on any atom is -0.379 e. The maximum absolute atomic E-state index is 13.1. The van der Waals surface area contributed by atoms with Gasteiger partial charge in [0.25, 0.3) is 5.91 Å². The lowest BCUT2D eigenvalue weighted by Gasteiger charge is -2.34. The number of hydrogen-bond acceptors (Lipinski definition) is 7. The summed E-state index contributed by atoms with van der Waals surface area (Å²) in [5.74, 6) is -0.267. The molecule has 1 amide bonds. The number of hydrogen-bond donors (Lipinski definition) is 1. The van der Waals surface area contributed by atoms with Crippen LogP contribution in [0.1, 0.15) is 26.8 Å². The smallest absolute Gasteiger partial charge is 0.251 e. The second-order valence-corrected chi connectivity index (χ2v) is 10.8. The highest BCUT2D eigenvalue weighted by atomic mass is 32.2. The molecule has 0 saturated carbocycles. The number of nitrogens with zero attached hydrogens (tertiary/aromatic N) is 2. The Bertz CT molecular complexity index is 1010. The topological polar surface area (TPSA) is 88.2 Å². The molecule has 0 aliphatic carbocycles. The van der Waals surface area contributed by atoms with Crippen molar-refractivity contribution in [1.82, 2.24) is 14.5 Å². The standard InChI is InChI=1S/C22H29N3O5S2/c1-17-4-5-18(32(27,28)25-8-12-30-13-9-25)15-19(17)22(26)23-16-20(21-3-2-14-31-21)24-6-10-29-11-7-24/h2-5,14-15,20H,6-13,16H2,1H3,(H,23,26)/t20-/m1/s1. The fourth-order valence-corrected chi connectivity index (χ4v) is 6.30. The zero-order valence-corrected chi connectivity index (χ0v) is 19.8. The van der Waals surface area contributed by atoms with Crippen LogP contribution in [0.5, 0.6) is 0 Å². The van der Waals surface area contributed by atoms with Crippen LogP contribution in [0.25, 0.3) is 0 Å². The van der Waals surface area contributed by atoms with Gasteiger partial charge in [0.05, 0.1) is 37.4 Å². The van der Waals surface area contributed by atoms with Crippen molar-refractivity contribution in [2.75, 3.05) is 59.2 Å². The van der Waals surface area contributed by atoms with Gasteiger partial charge in [0.15, 0.2) is 0 Å². The van der Waals surface area contributed by atoms with Crippen molar-refractivity contribution < 1.29 is 22.7 Å². The van der Waals surface area contributed by atoms with E-state index in [0.29, 0.717) is 51.6 Å². The van der Waals surface area contributed by atoms with Gasteiger partial charge in [-0.1, -0.05) is 12.1 Å². The monoisotopic (exact) mass is 479 g/mol. The molecule has 174 valence electrons. The summed E-state index contributed by atoms with van der Waals surface area (Å²) in [6.07, 6.45) is 0. The quantitative estimate of drug-likeness (QED) is 0.653. The van der Waals surface area contributed by atoms with Gasteiger partial charge in [0.1, 0.15) is 0 Å². The lowest BCUT2D eigenvalue weighted by atomic mass is 10.1. The Balaban J connectivity index is 1.50. The van der Waals surface area contributed by atoms with Crippen molar-refractivity contribution >= 4 is 27.3 Å². The first-order chi connectivity index (χ1) is 15.5. The molecular weight excluding hydrogens is 450 g/mol. The number of morpholine rings is 2. The minimum atomic E-state index is -3.67. The predicted octanol–water partition coefficient (Wildman–Crippen LogP) is 1.88. The van der Waals surface area contributed by atoms with E-state index in [1.165, 1.54) is 15.2 Å². The van der Waals surface area contributed by atoms with Crippen molar-refractivity contribution in [3.8, 4) is 0 Å². The van der Waals surface area contributed by atoms with Gasteiger partial charge in [-0.05, 0) is 36.1 Å². The Hall–Kier alpha value is -1.82. The van der Waals surface area contributed by atoms with Gasteiger partial charge in [0.2, 0.25) is 10.0 Å². The van der Waals surface area contributed by atoms with Crippen LogP contribution in [-0.4, -0.2) is 82.7 Å². The number of nitrogens with one attached hydrogen (secondary N) is 1. The third-order valence-corrected chi connectivity index (χ3v) is 8.74. The SMILES string of the molecule is Cc1ccc(S(=O)(=O)N2CCOCC2)cc1C(=O)NC[C@H](c1cccs1)N1CCOCC1. The maximum Gasteiger partial charge on any atom is 0.251 e. The number of sulfonamides is 1. The van der Waals surface area contributed by atoms with E-state index in [1.54, 1.807) is 23.5 Å². The molecule has 4 rings (SSSR count). The largest absolute Gasteiger partial charge is 0.379 e. The first-order valence-electron chi connectivity index (χ1n) is 10.8. The molecule has 2 aliphatic heterocycles. The molecule has 1 atom stereocenters. The lowest BCUT2D eigenvalue weighted by molar-refractivity contribution is 0.0169. The molecule has 2 fully saturated rings. The lowest BCUT2D eigenvalue weighted by Crippen LogP contribution is -2.43. The summed E-state index contributed by atoms with van der Waals surface area (Å²) in [6, 6.07) is 8.91. The molecule has 32 heavy (non-hydrogen) atoms. The summed E-state index contributed by atoms with van der Waals surface area (Å²) >= 11 is 1.67. The number of benzene rings is 1. The van der Waals surface area contributed by atoms with Crippen LogP contribution in [0, 0.1) is 6.92 Å². The summed E-state index contributed by atoms with van der Waals surface area (Å²) in [5.41, 5.74) is 1.12. The molecule has 1 aromatic carbocycles. The second-order valence-electron chi connectivity index (χ2n) is 7.88. The highest BCUT2D eigenvalue weighted by Gasteiger charge is 2.28. The molecule has 0 radical (unpaired) electrons. The van der Waals surface area contributed by atoms with Crippen LogP contribution in [0.2, 0.25) is 0 Å². The average Bonchev–Trinajstić information content (AvgIpc) is 3.35. The number of amides is 1. The van der Waals surface area contributed by atoms with E-state index in [0.717, 1.165) is 18.7 Å². The number of thiophene rings is 1. The molecular formula is C22H29N3O5S2. The number of carbonyl (C=O) groups is 1. The Labute approximate surface area is 193 Å². The van der Waals surface area contributed by atoms with Crippen LogP contribution < -0.4 is 5.32 Å². The van der Waals surface area contributed by atoms with Crippen molar-refractivity contribution in [3.05, 3.63) is 51.7 Å². The molecule has 2 aromatic rings. The highest BCUT2D eigenvalue weighted by molar-refractivity contribution is 7.89. The Kier molecular flexibility index (Phi) is 7.59. The highest BCUT2D eigenvalue weighted by Crippen LogP contribution is 2.26. The van der Waals surface area contributed by atoms with Gasteiger partial charge in [-0.25, -0.2) is 8.42 Å². The molecule has 1 aromatic heterocycles. The number of rotatable bonds is 7. The normalized spacial score (nSPS) is 19.5. The molecule has 2 saturated heterocycles. The second kappa shape index (κ2) is 10.4. The van der Waals surface area contributed by atoms with E-state index >= 15 is 0 Å². The van der Waals surface area contributed by atoms with Crippen LogP contribution in [0.15, 0.2) is 40.6 Å². The Morgan fingerprint density at radius 1 is 1.09 bits per heavy atom. The maximum atomic E-state index is 13.1. The predicted molar refractivity (Wildman–Crippen MR) is 123 cm³/mol. The average molecular weight is 480 g/mol. The summed E-state index contributed by atoms with van der Waals surface area (Å²) in [5, 5.41) is 5.08. The first kappa shape index (κ1) is 23.3. The van der Waals surface area contributed by atoms with Gasteiger partial charge in [-0.2, -0.15) is 4.31 Å². The minimum absolute atomic E-state index is 0.0587. The third-order valence-electron chi connectivity index (χ3n) is 5.88. The molecule has 0 unspecified atom stereocenters. The van der Waals surface area contributed by atoms with E-state index in [4.69, 9.17) is 9.47 Å². The fraction of sp³-hybridized carbons (Fsp3) is 0.500. The summed E-state index contributed by atoms with van der Waals surface area (Å²) in [7, 11) is -3.67. The van der Waals surface area contributed by atoms with Crippen LogP contribution in [-0.2, 0) is 19.5 Å².